The normalized spacial score (nSPS) is 21.5. The Balaban J connectivity index is 1.60. The smallest absolute Gasteiger partial charge is 0.191 e. The highest BCUT2D eigenvalue weighted by molar-refractivity contribution is 5.80. The molecule has 1 aromatic rings. The Bertz CT molecular complexity index is 658. The first-order valence-corrected chi connectivity index (χ1v) is 10.3. The topological polar surface area (TPSA) is 48.9 Å². The third-order valence-corrected chi connectivity index (χ3v) is 5.95. The van der Waals surface area contributed by atoms with Crippen molar-refractivity contribution in [2.24, 2.45) is 10.4 Å². The molecule has 0 aromatic heterocycles. The van der Waals surface area contributed by atoms with E-state index in [2.05, 4.69) is 10.6 Å². The van der Waals surface area contributed by atoms with Gasteiger partial charge >= 0.3 is 0 Å². The van der Waals surface area contributed by atoms with E-state index < -0.39 is 11.6 Å². The van der Waals surface area contributed by atoms with Gasteiger partial charge in [0.05, 0.1) is 0 Å². The number of hydrogen-bond donors (Lipinski definition) is 2. The number of para-hydroxylation sites is 1. The van der Waals surface area contributed by atoms with Crippen molar-refractivity contribution >= 4 is 11.6 Å². The van der Waals surface area contributed by atoms with Gasteiger partial charge in [-0.15, -0.1) is 0 Å². The minimum absolute atomic E-state index is 0.0710. The zero-order chi connectivity index (χ0) is 20.0. The number of guanidine groups is 1. The SMILES string of the molecule is CCNC(=NCC1(CCOC)CCC1)NC1CCN(c2c(F)cccc2F)C1. The van der Waals surface area contributed by atoms with E-state index in [0.29, 0.717) is 13.1 Å². The van der Waals surface area contributed by atoms with Crippen molar-refractivity contribution in [2.75, 3.05) is 44.8 Å². The largest absolute Gasteiger partial charge is 0.385 e. The number of rotatable bonds is 8. The van der Waals surface area contributed by atoms with Crippen LogP contribution in [0.3, 0.4) is 0 Å². The Morgan fingerprint density at radius 3 is 2.68 bits per heavy atom. The molecule has 0 amide bonds. The number of methoxy groups -OCH3 is 1. The van der Waals surface area contributed by atoms with Gasteiger partial charge in [0.15, 0.2) is 5.96 Å². The predicted octanol–water partition coefficient (Wildman–Crippen LogP) is 3.31. The zero-order valence-electron chi connectivity index (χ0n) is 16.9. The average Bonchev–Trinajstić information content (AvgIpc) is 3.08. The summed E-state index contributed by atoms with van der Waals surface area (Å²) in [6, 6.07) is 4.12. The number of nitrogens with one attached hydrogen (secondary N) is 2. The second kappa shape index (κ2) is 9.54. The van der Waals surface area contributed by atoms with Gasteiger partial charge in [0.1, 0.15) is 17.3 Å². The van der Waals surface area contributed by atoms with Crippen molar-refractivity contribution in [3.8, 4) is 0 Å². The van der Waals surface area contributed by atoms with Crippen LogP contribution in [0.2, 0.25) is 0 Å². The molecule has 2 N–H and O–H groups in total. The molecule has 1 saturated heterocycles. The fourth-order valence-corrected chi connectivity index (χ4v) is 4.11. The van der Waals surface area contributed by atoms with Crippen molar-refractivity contribution in [3.05, 3.63) is 29.8 Å². The van der Waals surface area contributed by atoms with E-state index in [1.807, 2.05) is 6.92 Å². The lowest BCUT2D eigenvalue weighted by Crippen LogP contribution is -2.45. The molecule has 1 heterocycles. The second-order valence-electron chi connectivity index (χ2n) is 7.94. The Labute approximate surface area is 166 Å². The fraction of sp³-hybridized carbons (Fsp3) is 0.667. The summed E-state index contributed by atoms with van der Waals surface area (Å²) in [5.74, 6) is -0.232. The fourth-order valence-electron chi connectivity index (χ4n) is 4.11. The molecule has 2 aliphatic rings. The summed E-state index contributed by atoms with van der Waals surface area (Å²) in [4.78, 5) is 6.60. The molecule has 0 bridgehead atoms. The first-order chi connectivity index (χ1) is 13.6. The molecule has 0 spiro atoms. The van der Waals surface area contributed by atoms with Gasteiger partial charge in [-0.3, -0.25) is 4.99 Å². The molecule has 1 atom stereocenters. The first-order valence-electron chi connectivity index (χ1n) is 10.3. The van der Waals surface area contributed by atoms with E-state index in [0.717, 1.165) is 38.5 Å². The van der Waals surface area contributed by atoms with Crippen molar-refractivity contribution in [1.82, 2.24) is 10.6 Å². The van der Waals surface area contributed by atoms with Gasteiger partial charge in [0, 0.05) is 45.9 Å². The number of anilines is 1. The molecule has 28 heavy (non-hydrogen) atoms. The molecular weight excluding hydrogens is 362 g/mol. The summed E-state index contributed by atoms with van der Waals surface area (Å²) in [5.41, 5.74) is 0.331. The molecule has 3 rings (SSSR count). The number of benzene rings is 1. The monoisotopic (exact) mass is 394 g/mol. The molecular formula is C21H32F2N4O. The first kappa shape index (κ1) is 20.8. The van der Waals surface area contributed by atoms with Crippen LogP contribution in [0.25, 0.3) is 0 Å². The van der Waals surface area contributed by atoms with Gasteiger partial charge in [-0.25, -0.2) is 8.78 Å². The number of aliphatic imine (C=N–C) groups is 1. The van der Waals surface area contributed by atoms with E-state index in [1.165, 1.54) is 37.5 Å². The summed E-state index contributed by atoms with van der Waals surface area (Å²) in [7, 11) is 1.74. The second-order valence-corrected chi connectivity index (χ2v) is 7.94. The summed E-state index contributed by atoms with van der Waals surface area (Å²) < 4.78 is 33.4. The predicted molar refractivity (Wildman–Crippen MR) is 109 cm³/mol. The van der Waals surface area contributed by atoms with Crippen LogP contribution in [0.4, 0.5) is 14.5 Å². The van der Waals surface area contributed by atoms with Gasteiger partial charge in [-0.05, 0) is 50.2 Å². The van der Waals surface area contributed by atoms with Crippen LogP contribution in [0.15, 0.2) is 23.2 Å². The van der Waals surface area contributed by atoms with Gasteiger partial charge in [-0.2, -0.15) is 0 Å². The quantitative estimate of drug-likeness (QED) is 0.525. The van der Waals surface area contributed by atoms with Crippen LogP contribution in [0.5, 0.6) is 0 Å². The van der Waals surface area contributed by atoms with Crippen molar-refractivity contribution < 1.29 is 13.5 Å². The highest BCUT2D eigenvalue weighted by Gasteiger charge is 2.36. The van der Waals surface area contributed by atoms with E-state index in [9.17, 15) is 8.78 Å². The van der Waals surface area contributed by atoms with Crippen molar-refractivity contribution in [3.63, 3.8) is 0 Å². The standard InChI is InChI=1S/C21H32F2N4O/c1-3-24-20(25-15-21(9-5-10-21)11-13-28-2)26-16-8-12-27(14-16)19-17(22)6-4-7-18(19)23/h4,6-7,16H,3,5,8-15H2,1-2H3,(H2,24,25,26). The maximum atomic E-state index is 14.1. The molecule has 5 nitrogen and oxygen atoms in total. The number of hydrogen-bond acceptors (Lipinski definition) is 3. The Hall–Kier alpha value is -1.89. The summed E-state index contributed by atoms with van der Waals surface area (Å²) in [6.07, 6.45) is 5.50. The highest BCUT2D eigenvalue weighted by Crippen LogP contribution is 2.44. The highest BCUT2D eigenvalue weighted by atomic mass is 19.1. The van der Waals surface area contributed by atoms with Gasteiger partial charge in [-0.1, -0.05) is 12.5 Å². The van der Waals surface area contributed by atoms with Crippen molar-refractivity contribution in [1.29, 1.82) is 0 Å². The molecule has 1 aliphatic carbocycles. The lowest BCUT2D eigenvalue weighted by atomic mass is 9.67. The molecule has 1 unspecified atom stereocenters. The maximum Gasteiger partial charge on any atom is 0.191 e. The van der Waals surface area contributed by atoms with Gasteiger partial charge in [0.2, 0.25) is 0 Å². The minimum Gasteiger partial charge on any atom is -0.385 e. The number of ether oxygens (including phenoxy) is 1. The molecule has 1 aromatic carbocycles. The summed E-state index contributed by atoms with van der Waals surface area (Å²) in [6.45, 7) is 5.53. The molecule has 0 radical (unpaired) electrons. The molecule has 7 heteroatoms. The summed E-state index contributed by atoms with van der Waals surface area (Å²) in [5, 5.41) is 6.76. The van der Waals surface area contributed by atoms with E-state index in [-0.39, 0.29) is 17.1 Å². The minimum atomic E-state index is -0.508. The Kier molecular flexibility index (Phi) is 7.10. The maximum absolute atomic E-state index is 14.1. The molecule has 1 saturated carbocycles. The lowest BCUT2D eigenvalue weighted by molar-refractivity contribution is 0.0778. The zero-order valence-corrected chi connectivity index (χ0v) is 16.9. The van der Waals surface area contributed by atoms with Crippen LogP contribution in [-0.4, -0.2) is 51.9 Å². The number of nitrogens with zero attached hydrogens (tertiary/aromatic N) is 2. The van der Waals surface area contributed by atoms with Crippen LogP contribution in [-0.2, 0) is 4.74 Å². The van der Waals surface area contributed by atoms with Crippen LogP contribution >= 0.6 is 0 Å². The molecule has 156 valence electrons. The van der Waals surface area contributed by atoms with Gasteiger partial charge in [0.25, 0.3) is 0 Å². The summed E-state index contributed by atoms with van der Waals surface area (Å²) >= 11 is 0. The third kappa shape index (κ3) is 4.93. The Morgan fingerprint density at radius 1 is 1.32 bits per heavy atom. The third-order valence-electron chi connectivity index (χ3n) is 5.95. The van der Waals surface area contributed by atoms with Crippen LogP contribution < -0.4 is 15.5 Å². The molecule has 2 fully saturated rings. The van der Waals surface area contributed by atoms with E-state index in [1.54, 1.807) is 12.0 Å². The number of halogens is 2. The van der Waals surface area contributed by atoms with E-state index in [4.69, 9.17) is 9.73 Å². The average molecular weight is 395 g/mol. The lowest BCUT2D eigenvalue weighted by Gasteiger charge is -2.41. The molecule has 1 aliphatic heterocycles. The van der Waals surface area contributed by atoms with Gasteiger partial charge < -0.3 is 20.3 Å². The Morgan fingerprint density at radius 2 is 2.07 bits per heavy atom. The van der Waals surface area contributed by atoms with Crippen LogP contribution in [0.1, 0.15) is 39.0 Å². The van der Waals surface area contributed by atoms with Crippen molar-refractivity contribution in [2.45, 2.75) is 45.1 Å². The van der Waals surface area contributed by atoms with Crippen LogP contribution in [0, 0.1) is 17.0 Å². The van der Waals surface area contributed by atoms with E-state index >= 15 is 0 Å².